The van der Waals surface area contributed by atoms with Gasteiger partial charge in [0.1, 0.15) is 0 Å². The predicted octanol–water partition coefficient (Wildman–Crippen LogP) is 3.82. The van der Waals surface area contributed by atoms with Gasteiger partial charge in [-0.15, -0.1) is 0 Å². The zero-order valence-corrected chi connectivity index (χ0v) is 16.8. The van der Waals surface area contributed by atoms with Gasteiger partial charge in [0.25, 0.3) is 5.91 Å². The lowest BCUT2D eigenvalue weighted by atomic mass is 10.1. The number of H-pyrrole nitrogens is 1. The molecular weight excluding hydrogens is 406 g/mol. The Morgan fingerprint density at radius 2 is 1.78 bits per heavy atom. The summed E-state index contributed by atoms with van der Waals surface area (Å²) in [5, 5.41) is 7.61. The Bertz CT molecular complexity index is 1470. The molecule has 0 fully saturated rings. The second kappa shape index (κ2) is 8.27. The highest BCUT2D eigenvalue weighted by Gasteiger charge is 2.15. The second-order valence-corrected chi connectivity index (χ2v) is 7.13. The summed E-state index contributed by atoms with van der Waals surface area (Å²) in [7, 11) is 0. The van der Waals surface area contributed by atoms with E-state index in [0.29, 0.717) is 40.3 Å². The number of carbonyl (C=O) groups is 1. The lowest BCUT2D eigenvalue weighted by molar-refractivity contribution is 0.102. The highest BCUT2D eigenvalue weighted by Crippen LogP contribution is 2.22. The molecule has 8 heteroatoms. The van der Waals surface area contributed by atoms with Gasteiger partial charge in [0.15, 0.2) is 0 Å². The van der Waals surface area contributed by atoms with Crippen LogP contribution < -0.4 is 10.9 Å². The minimum absolute atomic E-state index is 0.303. The molecule has 5 aromatic rings. The number of aromatic amines is 1. The predicted molar refractivity (Wildman–Crippen MR) is 119 cm³/mol. The molecule has 0 aliphatic heterocycles. The fourth-order valence-electron chi connectivity index (χ4n) is 3.49. The van der Waals surface area contributed by atoms with Crippen LogP contribution in [-0.2, 0) is 6.42 Å². The van der Waals surface area contributed by atoms with Crippen molar-refractivity contribution in [3.8, 4) is 11.4 Å². The number of para-hydroxylation sites is 2. The number of amides is 1. The molecule has 0 unspecified atom stereocenters. The maximum absolute atomic E-state index is 13.1. The molecule has 0 aliphatic carbocycles. The summed E-state index contributed by atoms with van der Waals surface area (Å²) in [5.74, 6) is 0.516. The van der Waals surface area contributed by atoms with Gasteiger partial charge in [-0.05, 0) is 29.8 Å². The van der Waals surface area contributed by atoms with E-state index in [-0.39, 0.29) is 11.5 Å². The smallest absolute Gasteiger partial charge is 0.256 e. The molecule has 0 saturated carbocycles. The van der Waals surface area contributed by atoms with Gasteiger partial charge in [0, 0.05) is 40.6 Å². The molecule has 2 aromatic carbocycles. The number of aromatic nitrogens is 4. The second-order valence-electron chi connectivity index (χ2n) is 7.13. The fraction of sp³-hybridized carbons (Fsp3) is 0.0417. The quantitative estimate of drug-likeness (QED) is 0.444. The van der Waals surface area contributed by atoms with Crippen LogP contribution in [-0.4, -0.2) is 26.0 Å². The average Bonchev–Trinajstić information content (AvgIpc) is 3.29. The van der Waals surface area contributed by atoms with E-state index in [0.717, 1.165) is 11.1 Å². The zero-order valence-electron chi connectivity index (χ0n) is 16.8. The van der Waals surface area contributed by atoms with Gasteiger partial charge in [0.05, 0.1) is 12.0 Å². The van der Waals surface area contributed by atoms with E-state index in [1.807, 2.05) is 24.3 Å². The maximum atomic E-state index is 13.1. The summed E-state index contributed by atoms with van der Waals surface area (Å²) in [6.45, 7) is 0. The molecule has 5 rings (SSSR count). The van der Waals surface area contributed by atoms with Gasteiger partial charge < -0.3 is 14.8 Å². The van der Waals surface area contributed by atoms with Crippen LogP contribution in [0, 0.1) is 0 Å². The Labute approximate surface area is 182 Å². The summed E-state index contributed by atoms with van der Waals surface area (Å²) in [5.41, 5.74) is 2.78. The summed E-state index contributed by atoms with van der Waals surface area (Å²) in [6.07, 6.45) is 3.66. The normalized spacial score (nSPS) is 10.9. The van der Waals surface area contributed by atoms with E-state index >= 15 is 0 Å². The van der Waals surface area contributed by atoms with Crippen LogP contribution in [0.5, 0.6) is 0 Å². The van der Waals surface area contributed by atoms with Crippen LogP contribution in [0.25, 0.3) is 22.3 Å². The molecule has 0 aliphatic rings. The molecule has 1 amide bonds. The molecule has 156 valence electrons. The maximum Gasteiger partial charge on any atom is 0.256 e. The first kappa shape index (κ1) is 19.4. The Balaban J connectivity index is 1.42. The van der Waals surface area contributed by atoms with E-state index in [1.165, 1.54) is 6.07 Å². The highest BCUT2D eigenvalue weighted by atomic mass is 16.5. The zero-order chi connectivity index (χ0) is 21.9. The van der Waals surface area contributed by atoms with E-state index in [4.69, 9.17) is 4.52 Å². The average molecular weight is 423 g/mol. The van der Waals surface area contributed by atoms with Crippen LogP contribution in [0.3, 0.4) is 0 Å². The lowest BCUT2D eigenvalue weighted by Crippen LogP contribution is -2.17. The number of nitrogens with one attached hydrogen (secondary N) is 2. The molecule has 0 spiro atoms. The number of rotatable bonds is 5. The van der Waals surface area contributed by atoms with E-state index in [9.17, 15) is 9.59 Å². The number of pyridine rings is 2. The summed E-state index contributed by atoms with van der Waals surface area (Å²) in [6, 6.07) is 19.5. The number of carbonyl (C=O) groups excluding carboxylic acids is 1. The third-order valence-electron chi connectivity index (χ3n) is 5.01. The summed E-state index contributed by atoms with van der Waals surface area (Å²) >= 11 is 0. The third kappa shape index (κ3) is 3.89. The number of anilines is 1. The van der Waals surface area contributed by atoms with E-state index < -0.39 is 0 Å². The monoisotopic (exact) mass is 423 g/mol. The Morgan fingerprint density at radius 1 is 1.00 bits per heavy atom. The van der Waals surface area contributed by atoms with Gasteiger partial charge in [-0.3, -0.25) is 14.6 Å². The molecule has 8 nitrogen and oxygen atoms in total. The topological polar surface area (TPSA) is 114 Å². The van der Waals surface area contributed by atoms with Gasteiger partial charge >= 0.3 is 0 Å². The van der Waals surface area contributed by atoms with Crippen molar-refractivity contribution in [2.45, 2.75) is 6.42 Å². The van der Waals surface area contributed by atoms with Crippen LogP contribution >= 0.6 is 0 Å². The van der Waals surface area contributed by atoms with Crippen molar-refractivity contribution < 1.29 is 9.32 Å². The number of hydrogen-bond acceptors (Lipinski definition) is 6. The lowest BCUT2D eigenvalue weighted by Gasteiger charge is -2.11. The standard InChI is InChI=1S/C24H17N5O3/c30-21-14-18(17-6-2-4-8-20(17)26-21)24(31)27-19-7-3-1-5-16(19)13-22-28-23(29-32-22)15-9-11-25-12-10-15/h1-12,14H,13H2,(H,26,30)(H,27,31). The number of fused-ring (bicyclic) bond motifs is 1. The fourth-order valence-corrected chi connectivity index (χ4v) is 3.49. The van der Waals surface area contributed by atoms with Crippen LogP contribution in [0.4, 0.5) is 5.69 Å². The van der Waals surface area contributed by atoms with Gasteiger partial charge in [-0.25, -0.2) is 0 Å². The van der Waals surface area contributed by atoms with E-state index in [2.05, 4.69) is 25.4 Å². The van der Waals surface area contributed by atoms with Gasteiger partial charge in [0.2, 0.25) is 17.3 Å². The third-order valence-corrected chi connectivity index (χ3v) is 5.01. The molecule has 0 atom stereocenters. The van der Waals surface area contributed by atoms with Crippen molar-refractivity contribution in [1.29, 1.82) is 0 Å². The summed E-state index contributed by atoms with van der Waals surface area (Å²) in [4.78, 5) is 36.2. The number of nitrogens with zero attached hydrogens (tertiary/aromatic N) is 3. The first-order valence-corrected chi connectivity index (χ1v) is 9.92. The molecule has 0 radical (unpaired) electrons. The molecule has 0 bridgehead atoms. The van der Waals surface area contributed by atoms with Gasteiger partial charge in [-0.1, -0.05) is 41.6 Å². The molecule has 3 aromatic heterocycles. The Morgan fingerprint density at radius 3 is 2.66 bits per heavy atom. The molecule has 3 heterocycles. The van der Waals surface area contributed by atoms with Crippen molar-refractivity contribution >= 4 is 22.5 Å². The van der Waals surface area contributed by atoms with E-state index in [1.54, 1.807) is 48.8 Å². The summed E-state index contributed by atoms with van der Waals surface area (Å²) < 4.78 is 5.40. The highest BCUT2D eigenvalue weighted by molar-refractivity contribution is 6.12. The van der Waals surface area contributed by atoms with Crippen molar-refractivity contribution in [1.82, 2.24) is 20.1 Å². The van der Waals surface area contributed by atoms with Crippen LogP contribution in [0.15, 0.2) is 88.4 Å². The Kier molecular flexibility index (Phi) is 5.01. The first-order chi connectivity index (χ1) is 15.7. The van der Waals surface area contributed by atoms with Crippen molar-refractivity contribution in [3.05, 3.63) is 106 Å². The minimum Gasteiger partial charge on any atom is -0.339 e. The molecular formula is C24H17N5O3. The molecule has 32 heavy (non-hydrogen) atoms. The number of hydrogen-bond donors (Lipinski definition) is 2. The molecule has 2 N–H and O–H groups in total. The van der Waals surface area contributed by atoms with Crippen LogP contribution in [0.2, 0.25) is 0 Å². The molecule has 0 saturated heterocycles. The van der Waals surface area contributed by atoms with Crippen molar-refractivity contribution in [2.24, 2.45) is 0 Å². The van der Waals surface area contributed by atoms with Crippen molar-refractivity contribution in [2.75, 3.05) is 5.32 Å². The Hall–Kier alpha value is -4.59. The van der Waals surface area contributed by atoms with Crippen molar-refractivity contribution in [3.63, 3.8) is 0 Å². The van der Waals surface area contributed by atoms with Gasteiger partial charge in [-0.2, -0.15) is 4.98 Å². The largest absolute Gasteiger partial charge is 0.339 e. The first-order valence-electron chi connectivity index (χ1n) is 9.92. The SMILES string of the molecule is O=C(Nc1ccccc1Cc1nc(-c2ccncc2)no1)c1cc(=O)[nH]c2ccccc12. The van der Waals surface area contributed by atoms with Crippen LogP contribution in [0.1, 0.15) is 21.8 Å². The minimum atomic E-state index is -0.372. The number of benzene rings is 2.